The molecule has 2 heterocycles. The zero-order valence-corrected chi connectivity index (χ0v) is 8.53. The molecule has 14 heavy (non-hydrogen) atoms. The third-order valence-corrected chi connectivity index (χ3v) is 2.71. The lowest BCUT2D eigenvalue weighted by Crippen LogP contribution is -2.34. The molecular weight excluding hydrogens is 180 g/mol. The van der Waals surface area contributed by atoms with Crippen molar-refractivity contribution < 1.29 is 9.53 Å². The molecule has 1 fully saturated rings. The quantitative estimate of drug-likeness (QED) is 0.676. The van der Waals surface area contributed by atoms with Crippen LogP contribution in [0.15, 0.2) is 5.10 Å². The van der Waals surface area contributed by atoms with Gasteiger partial charge in [0.2, 0.25) is 0 Å². The lowest BCUT2D eigenvalue weighted by atomic mass is 10.0. The van der Waals surface area contributed by atoms with E-state index in [1.165, 1.54) is 0 Å². The molecule has 2 aliphatic rings. The molecule has 0 radical (unpaired) electrons. The average Bonchev–Trinajstić information content (AvgIpc) is 2.54. The maximum Gasteiger partial charge on any atom is 0.253 e. The van der Waals surface area contributed by atoms with Gasteiger partial charge in [-0.2, -0.15) is 5.10 Å². The van der Waals surface area contributed by atoms with Crippen LogP contribution in [0.2, 0.25) is 0 Å². The second kappa shape index (κ2) is 4.09. The zero-order chi connectivity index (χ0) is 9.97. The molecule has 0 aliphatic carbocycles. The minimum Gasteiger partial charge on any atom is -0.380 e. The molecule has 1 saturated heterocycles. The molecule has 0 spiro atoms. The van der Waals surface area contributed by atoms with Gasteiger partial charge < -0.3 is 4.74 Å². The number of carbonyl (C=O) groups is 1. The number of amides is 1. The van der Waals surface area contributed by atoms with E-state index in [0.717, 1.165) is 31.5 Å². The summed E-state index contributed by atoms with van der Waals surface area (Å²) in [6.45, 7) is 4.11. The van der Waals surface area contributed by atoms with Gasteiger partial charge in [-0.3, -0.25) is 4.79 Å². The maximum atomic E-state index is 11.8. The number of ether oxygens (including phenoxy) is 1. The van der Waals surface area contributed by atoms with Crippen molar-refractivity contribution >= 4 is 11.6 Å². The number of hydrogen-bond acceptors (Lipinski definition) is 3. The van der Waals surface area contributed by atoms with Gasteiger partial charge in [0.15, 0.2) is 0 Å². The van der Waals surface area contributed by atoms with E-state index in [1.54, 1.807) is 5.01 Å². The molecule has 0 aromatic heterocycles. The van der Waals surface area contributed by atoms with Crippen LogP contribution in [-0.4, -0.2) is 36.4 Å². The normalized spacial score (nSPS) is 26.4. The molecule has 1 unspecified atom stereocenters. The Bertz CT molecular complexity index is 263. The largest absolute Gasteiger partial charge is 0.380 e. The van der Waals surface area contributed by atoms with Gasteiger partial charge in [0, 0.05) is 13.0 Å². The van der Waals surface area contributed by atoms with Crippen molar-refractivity contribution in [3.8, 4) is 0 Å². The first-order valence-corrected chi connectivity index (χ1v) is 5.29. The van der Waals surface area contributed by atoms with E-state index in [1.807, 2.05) is 0 Å². The molecule has 0 N–H and O–H groups in total. The van der Waals surface area contributed by atoms with Gasteiger partial charge in [-0.25, -0.2) is 5.01 Å². The first kappa shape index (κ1) is 9.65. The number of carbonyl (C=O) groups excluding carboxylic acids is 1. The molecular formula is C10H16N2O2. The summed E-state index contributed by atoms with van der Waals surface area (Å²) in [5, 5.41) is 5.97. The number of unbranched alkanes of at least 4 members (excludes halogenated alkanes) is 1. The van der Waals surface area contributed by atoms with E-state index in [4.69, 9.17) is 4.74 Å². The minimum atomic E-state index is -0.0689. The molecule has 2 aliphatic heterocycles. The van der Waals surface area contributed by atoms with Crippen molar-refractivity contribution in [2.24, 2.45) is 11.0 Å². The van der Waals surface area contributed by atoms with Crippen molar-refractivity contribution in [2.75, 3.05) is 19.8 Å². The summed E-state index contributed by atoms with van der Waals surface area (Å²) in [6.07, 6.45) is 2.94. The highest BCUT2D eigenvalue weighted by molar-refractivity contribution is 6.08. The van der Waals surface area contributed by atoms with Gasteiger partial charge in [-0.05, 0) is 6.42 Å². The van der Waals surface area contributed by atoms with Crippen LogP contribution < -0.4 is 0 Å². The summed E-state index contributed by atoms with van der Waals surface area (Å²) in [7, 11) is 0. The molecule has 4 heteroatoms. The van der Waals surface area contributed by atoms with Gasteiger partial charge in [0.1, 0.15) is 5.92 Å². The number of nitrogens with zero attached hydrogens (tertiary/aromatic N) is 2. The Morgan fingerprint density at radius 1 is 1.64 bits per heavy atom. The zero-order valence-electron chi connectivity index (χ0n) is 8.53. The van der Waals surface area contributed by atoms with E-state index >= 15 is 0 Å². The monoisotopic (exact) mass is 196 g/mol. The average molecular weight is 196 g/mol. The molecule has 1 amide bonds. The SMILES string of the molecule is CCCCN1N=C2CCOCC2C1=O. The predicted octanol–water partition coefficient (Wildman–Crippen LogP) is 1.02. The van der Waals surface area contributed by atoms with E-state index in [9.17, 15) is 4.79 Å². The summed E-state index contributed by atoms with van der Waals surface area (Å²) in [4.78, 5) is 11.8. The van der Waals surface area contributed by atoms with E-state index in [2.05, 4.69) is 12.0 Å². The van der Waals surface area contributed by atoms with Crippen molar-refractivity contribution in [3.05, 3.63) is 0 Å². The van der Waals surface area contributed by atoms with Gasteiger partial charge >= 0.3 is 0 Å². The molecule has 2 rings (SSSR count). The van der Waals surface area contributed by atoms with Crippen LogP contribution >= 0.6 is 0 Å². The highest BCUT2D eigenvalue weighted by atomic mass is 16.5. The van der Waals surface area contributed by atoms with E-state index in [0.29, 0.717) is 13.2 Å². The first-order chi connectivity index (χ1) is 6.83. The highest BCUT2D eigenvalue weighted by Crippen LogP contribution is 2.22. The van der Waals surface area contributed by atoms with Crippen molar-refractivity contribution in [1.29, 1.82) is 0 Å². The van der Waals surface area contributed by atoms with Gasteiger partial charge in [0.05, 0.1) is 18.9 Å². The third-order valence-electron chi connectivity index (χ3n) is 2.71. The van der Waals surface area contributed by atoms with E-state index < -0.39 is 0 Å². The number of fused-ring (bicyclic) bond motifs is 1. The van der Waals surface area contributed by atoms with Crippen LogP contribution in [0.4, 0.5) is 0 Å². The highest BCUT2D eigenvalue weighted by Gasteiger charge is 2.37. The number of rotatable bonds is 3. The van der Waals surface area contributed by atoms with Crippen LogP contribution in [0.5, 0.6) is 0 Å². The number of hydrazone groups is 1. The molecule has 4 nitrogen and oxygen atoms in total. The fraction of sp³-hybridized carbons (Fsp3) is 0.800. The van der Waals surface area contributed by atoms with Gasteiger partial charge in [-0.15, -0.1) is 0 Å². The molecule has 0 aromatic carbocycles. The van der Waals surface area contributed by atoms with E-state index in [-0.39, 0.29) is 11.8 Å². The van der Waals surface area contributed by atoms with Gasteiger partial charge in [0.25, 0.3) is 5.91 Å². The van der Waals surface area contributed by atoms with Crippen LogP contribution in [0.25, 0.3) is 0 Å². The summed E-state index contributed by atoms with van der Waals surface area (Å²) < 4.78 is 5.28. The molecule has 1 atom stereocenters. The smallest absolute Gasteiger partial charge is 0.253 e. The Morgan fingerprint density at radius 3 is 3.21 bits per heavy atom. The second-order valence-electron chi connectivity index (χ2n) is 3.78. The Labute approximate surface area is 83.9 Å². The van der Waals surface area contributed by atoms with Gasteiger partial charge in [-0.1, -0.05) is 13.3 Å². The maximum absolute atomic E-state index is 11.8. The van der Waals surface area contributed by atoms with Crippen LogP contribution in [0.1, 0.15) is 26.2 Å². The lowest BCUT2D eigenvalue weighted by Gasteiger charge is -2.17. The third kappa shape index (κ3) is 1.66. The molecule has 0 bridgehead atoms. The Balaban J connectivity index is 2.00. The Kier molecular flexibility index (Phi) is 2.82. The molecule has 0 saturated carbocycles. The fourth-order valence-corrected chi connectivity index (χ4v) is 1.83. The van der Waals surface area contributed by atoms with Crippen molar-refractivity contribution in [2.45, 2.75) is 26.2 Å². The standard InChI is InChI=1S/C10H16N2O2/c1-2-3-5-12-10(13)8-7-14-6-4-9(8)11-12/h8H,2-7H2,1H3. The van der Waals surface area contributed by atoms with Crippen molar-refractivity contribution in [3.63, 3.8) is 0 Å². The molecule has 0 aromatic rings. The predicted molar refractivity (Wildman–Crippen MR) is 53.0 cm³/mol. The molecule has 78 valence electrons. The van der Waals surface area contributed by atoms with Crippen LogP contribution in [0.3, 0.4) is 0 Å². The minimum absolute atomic E-state index is 0.0689. The topological polar surface area (TPSA) is 41.9 Å². The Morgan fingerprint density at radius 2 is 2.50 bits per heavy atom. The fourth-order valence-electron chi connectivity index (χ4n) is 1.83. The summed E-state index contributed by atoms with van der Waals surface area (Å²) in [5.41, 5.74) is 1.03. The second-order valence-corrected chi connectivity index (χ2v) is 3.78. The van der Waals surface area contributed by atoms with Crippen LogP contribution in [-0.2, 0) is 9.53 Å². The first-order valence-electron chi connectivity index (χ1n) is 5.29. The number of hydrogen-bond donors (Lipinski definition) is 0. The Hall–Kier alpha value is -0.900. The summed E-state index contributed by atoms with van der Waals surface area (Å²) in [6, 6.07) is 0. The lowest BCUT2D eigenvalue weighted by molar-refractivity contribution is -0.133. The summed E-state index contributed by atoms with van der Waals surface area (Å²) >= 11 is 0. The summed E-state index contributed by atoms with van der Waals surface area (Å²) in [5.74, 6) is 0.0637. The van der Waals surface area contributed by atoms with Crippen LogP contribution in [0, 0.1) is 5.92 Å². The van der Waals surface area contributed by atoms with Crippen molar-refractivity contribution in [1.82, 2.24) is 5.01 Å².